The summed E-state index contributed by atoms with van der Waals surface area (Å²) >= 11 is 0. The van der Waals surface area contributed by atoms with Crippen LogP contribution >= 0.6 is 0 Å². The van der Waals surface area contributed by atoms with Crippen LogP contribution < -0.4 is 4.90 Å². The van der Waals surface area contributed by atoms with E-state index in [0.717, 1.165) is 50.3 Å². The fraction of sp³-hybridized carbons (Fsp3) is 0.0227. The largest absolute Gasteiger partial charge is 0.337 e. The highest BCUT2D eigenvalue weighted by atomic mass is 15.1. The van der Waals surface area contributed by atoms with Crippen LogP contribution in [0.3, 0.4) is 0 Å². The van der Waals surface area contributed by atoms with Crippen LogP contribution in [0.5, 0.6) is 0 Å². The maximum Gasteiger partial charge on any atom is 0.164 e. The van der Waals surface area contributed by atoms with E-state index in [9.17, 15) is 0 Å². The van der Waals surface area contributed by atoms with E-state index < -0.39 is 0 Å². The molecule has 6 aromatic carbocycles. The van der Waals surface area contributed by atoms with Crippen LogP contribution in [0.2, 0.25) is 0 Å². The molecule has 4 heteroatoms. The van der Waals surface area contributed by atoms with Crippen LogP contribution in [-0.2, 0) is 0 Å². The van der Waals surface area contributed by atoms with Gasteiger partial charge in [0.05, 0.1) is 0 Å². The lowest BCUT2D eigenvalue weighted by Gasteiger charge is -2.28. The summed E-state index contributed by atoms with van der Waals surface area (Å²) in [5.41, 5.74) is 8.99. The van der Waals surface area contributed by atoms with E-state index in [1.54, 1.807) is 0 Å². The Morgan fingerprint density at radius 2 is 1.08 bits per heavy atom. The molecule has 0 atom stereocenters. The van der Waals surface area contributed by atoms with Crippen molar-refractivity contribution in [1.82, 2.24) is 15.0 Å². The van der Waals surface area contributed by atoms with Gasteiger partial charge in [0.25, 0.3) is 0 Å². The van der Waals surface area contributed by atoms with Crippen molar-refractivity contribution in [3.05, 3.63) is 188 Å². The molecule has 8 rings (SSSR count). The highest BCUT2D eigenvalue weighted by Gasteiger charge is 2.22. The smallest absolute Gasteiger partial charge is 0.164 e. The number of hydrogen-bond acceptors (Lipinski definition) is 4. The van der Waals surface area contributed by atoms with Crippen molar-refractivity contribution >= 4 is 33.3 Å². The lowest BCUT2D eigenvalue weighted by atomic mass is 9.92. The Balaban J connectivity index is 1.31. The first-order valence-corrected chi connectivity index (χ1v) is 16.1. The fourth-order valence-electron chi connectivity index (χ4n) is 6.23. The molecular weight excluding hydrogens is 585 g/mol. The van der Waals surface area contributed by atoms with Crippen LogP contribution in [0.4, 0.5) is 11.4 Å². The highest BCUT2D eigenvalue weighted by Crippen LogP contribution is 2.41. The van der Waals surface area contributed by atoms with Crippen molar-refractivity contribution in [3.8, 4) is 33.9 Å². The summed E-state index contributed by atoms with van der Waals surface area (Å²) in [5.74, 6) is 1.81. The summed E-state index contributed by atoms with van der Waals surface area (Å²) in [6.07, 6.45) is 6.36. The van der Waals surface area contributed by atoms with E-state index >= 15 is 0 Å². The molecule has 228 valence electrons. The summed E-state index contributed by atoms with van der Waals surface area (Å²) in [5, 5.41) is 2.42. The minimum Gasteiger partial charge on any atom is -0.337 e. The minimum absolute atomic E-state index is 0.576. The van der Waals surface area contributed by atoms with E-state index in [4.69, 9.17) is 21.5 Å². The Hall–Kier alpha value is -6.39. The summed E-state index contributed by atoms with van der Waals surface area (Å²) < 4.78 is 0. The molecule has 48 heavy (non-hydrogen) atoms. The van der Waals surface area contributed by atoms with Gasteiger partial charge in [-0.25, -0.2) is 15.0 Å². The Bertz CT molecular complexity index is 2270. The molecule has 0 saturated carbocycles. The zero-order valence-electron chi connectivity index (χ0n) is 26.4. The van der Waals surface area contributed by atoms with Crippen LogP contribution in [0.15, 0.2) is 176 Å². The van der Waals surface area contributed by atoms with Crippen molar-refractivity contribution in [1.29, 1.82) is 0 Å². The topological polar surface area (TPSA) is 41.9 Å². The van der Waals surface area contributed by atoms with Crippen LogP contribution in [-0.4, -0.2) is 21.5 Å². The third kappa shape index (κ3) is 5.72. The van der Waals surface area contributed by atoms with Gasteiger partial charge in [-0.2, -0.15) is 0 Å². The van der Waals surface area contributed by atoms with Crippen molar-refractivity contribution in [3.63, 3.8) is 0 Å². The molecule has 2 heterocycles. The normalized spacial score (nSPS) is 14.7. The van der Waals surface area contributed by atoms with Gasteiger partial charge >= 0.3 is 0 Å². The molecule has 0 N–H and O–H groups in total. The molecule has 0 fully saturated rings. The molecule has 4 nitrogen and oxygen atoms in total. The van der Waals surface area contributed by atoms with E-state index in [1.165, 1.54) is 10.8 Å². The van der Waals surface area contributed by atoms with E-state index in [-0.39, 0.29) is 0 Å². The molecule has 0 saturated heterocycles. The summed E-state index contributed by atoms with van der Waals surface area (Å²) in [7, 11) is 0. The second kappa shape index (κ2) is 12.8. The lowest BCUT2D eigenvalue weighted by molar-refractivity contribution is 1.04. The van der Waals surface area contributed by atoms with Gasteiger partial charge in [-0.1, -0.05) is 152 Å². The second-order valence-electron chi connectivity index (χ2n) is 11.8. The molecule has 1 aromatic heterocycles. The molecule has 1 aliphatic rings. The predicted octanol–water partition coefficient (Wildman–Crippen LogP) is 10.8. The standard InChI is InChI=1S/C44H32N4/c1-31-39(44-46-42(34-18-7-3-8-19-34)45-43(47-44)35-20-9-4-10-21-35)23-13-14-28-48(38-26-24-33-17-11-12-22-36(33)29-38)41-27-25-37(30-40(31)41)32-15-5-2-6-16-32/h2-27,29-30H,1,28H2/b14-13-,39-23+. The number of rotatable bonds is 5. The van der Waals surface area contributed by atoms with Gasteiger partial charge in [0.1, 0.15) is 0 Å². The first kappa shape index (κ1) is 29.0. The SMILES string of the molecule is C=C1/C(c2nc(-c3ccccc3)nc(-c3ccccc3)n2)=C\C=C/CN(c2ccc3ccccc3c2)c2ccc(-c3ccccc3)cc21. The monoisotopic (exact) mass is 616 g/mol. The fourth-order valence-corrected chi connectivity index (χ4v) is 6.23. The second-order valence-corrected chi connectivity index (χ2v) is 11.8. The maximum absolute atomic E-state index is 5.07. The Morgan fingerprint density at radius 3 is 1.75 bits per heavy atom. The van der Waals surface area contributed by atoms with Crippen molar-refractivity contribution < 1.29 is 0 Å². The first-order chi connectivity index (χ1) is 23.7. The first-order valence-electron chi connectivity index (χ1n) is 16.1. The van der Waals surface area contributed by atoms with E-state index in [2.05, 4.69) is 108 Å². The zero-order chi connectivity index (χ0) is 32.3. The Labute approximate surface area is 280 Å². The molecular formula is C44H32N4. The zero-order valence-corrected chi connectivity index (χ0v) is 26.4. The van der Waals surface area contributed by atoms with Crippen LogP contribution in [0.1, 0.15) is 11.4 Å². The van der Waals surface area contributed by atoms with Crippen molar-refractivity contribution in [2.45, 2.75) is 0 Å². The van der Waals surface area contributed by atoms with Gasteiger partial charge in [-0.15, -0.1) is 0 Å². The molecule has 0 aliphatic carbocycles. The molecule has 0 bridgehead atoms. The van der Waals surface area contributed by atoms with E-state index in [0.29, 0.717) is 24.0 Å². The summed E-state index contributed by atoms with van der Waals surface area (Å²) in [6.45, 7) is 5.42. The summed E-state index contributed by atoms with van der Waals surface area (Å²) in [6, 6.07) is 52.4. The molecule has 0 spiro atoms. The average Bonchev–Trinajstić information content (AvgIpc) is 3.23. The van der Waals surface area contributed by atoms with Gasteiger partial charge in [0.15, 0.2) is 17.5 Å². The van der Waals surface area contributed by atoms with Gasteiger partial charge in [-0.05, 0) is 51.7 Å². The van der Waals surface area contributed by atoms with Crippen molar-refractivity contribution in [2.75, 3.05) is 11.4 Å². The quantitative estimate of drug-likeness (QED) is 0.193. The molecule has 0 unspecified atom stereocenters. The number of anilines is 2. The number of allylic oxidation sites excluding steroid dienone is 4. The molecule has 7 aromatic rings. The minimum atomic E-state index is 0.576. The molecule has 0 amide bonds. The molecule has 1 aliphatic heterocycles. The Kier molecular flexibility index (Phi) is 7.73. The third-order valence-electron chi connectivity index (χ3n) is 8.72. The third-order valence-corrected chi connectivity index (χ3v) is 8.72. The number of nitrogens with zero attached hydrogens (tertiary/aromatic N) is 4. The number of fused-ring (bicyclic) bond motifs is 2. The van der Waals surface area contributed by atoms with Gasteiger partial charge < -0.3 is 4.90 Å². The van der Waals surface area contributed by atoms with Crippen LogP contribution in [0.25, 0.3) is 55.8 Å². The lowest BCUT2D eigenvalue weighted by Crippen LogP contribution is -2.18. The predicted molar refractivity (Wildman–Crippen MR) is 200 cm³/mol. The average molecular weight is 617 g/mol. The van der Waals surface area contributed by atoms with Gasteiger partial charge in [-0.3, -0.25) is 0 Å². The number of benzene rings is 6. The molecule has 0 radical (unpaired) electrons. The van der Waals surface area contributed by atoms with Gasteiger partial charge in [0, 0.05) is 40.2 Å². The van der Waals surface area contributed by atoms with Crippen LogP contribution in [0, 0.1) is 0 Å². The maximum atomic E-state index is 5.07. The number of hydrogen-bond donors (Lipinski definition) is 0. The number of aromatic nitrogens is 3. The Morgan fingerprint density at radius 1 is 0.500 bits per heavy atom. The van der Waals surface area contributed by atoms with E-state index in [1.807, 2.05) is 66.7 Å². The van der Waals surface area contributed by atoms with Crippen molar-refractivity contribution in [2.24, 2.45) is 0 Å². The summed E-state index contributed by atoms with van der Waals surface area (Å²) in [4.78, 5) is 17.4. The van der Waals surface area contributed by atoms with Gasteiger partial charge in [0.2, 0.25) is 0 Å². The highest BCUT2D eigenvalue weighted by molar-refractivity contribution is 6.07.